The second-order valence-electron chi connectivity index (χ2n) is 7.27. The summed E-state index contributed by atoms with van der Waals surface area (Å²) in [7, 11) is 0. The van der Waals surface area contributed by atoms with Crippen molar-refractivity contribution in [3.63, 3.8) is 0 Å². The summed E-state index contributed by atoms with van der Waals surface area (Å²) in [4.78, 5) is 7.24. The average molecular weight is 389 g/mol. The molecular formula is C20H22F3N5. The van der Waals surface area contributed by atoms with Crippen LogP contribution in [0.3, 0.4) is 0 Å². The number of hydrogen-bond acceptors (Lipinski definition) is 4. The number of hydrogen-bond donors (Lipinski definition) is 1. The smallest absolute Gasteiger partial charge is 0.367 e. The average Bonchev–Trinajstić information content (AvgIpc) is 3.11. The third kappa shape index (κ3) is 3.81. The molecule has 0 radical (unpaired) electrons. The minimum absolute atomic E-state index is 0.0979. The Balaban J connectivity index is 1.41. The zero-order valence-corrected chi connectivity index (χ0v) is 15.6. The van der Waals surface area contributed by atoms with E-state index < -0.39 is 11.9 Å². The molecule has 0 bridgehead atoms. The maximum Gasteiger partial charge on any atom is 0.433 e. The standard InChI is InChI=1S/C20H22F3N5/c1-2-13-3-8-17-14(9-13)11-26-28(17)16-6-4-15(5-7-16)27-19-10-18(20(21,22)23)24-12-25-19/h3,8-12,15-16H,2,4-7H2,1H3,(H,24,25,27). The summed E-state index contributed by atoms with van der Waals surface area (Å²) in [6.07, 6.45) is 2.94. The van der Waals surface area contributed by atoms with Crippen LogP contribution in [0.4, 0.5) is 19.0 Å². The Bertz CT molecular complexity index is 958. The third-order valence-electron chi connectivity index (χ3n) is 5.42. The number of alkyl halides is 3. The molecule has 5 nitrogen and oxygen atoms in total. The maximum atomic E-state index is 12.8. The molecule has 0 atom stereocenters. The second-order valence-corrected chi connectivity index (χ2v) is 7.27. The van der Waals surface area contributed by atoms with Gasteiger partial charge >= 0.3 is 6.18 Å². The van der Waals surface area contributed by atoms with Crippen molar-refractivity contribution in [2.45, 2.75) is 57.3 Å². The zero-order valence-electron chi connectivity index (χ0n) is 15.6. The largest absolute Gasteiger partial charge is 0.433 e. The molecule has 0 unspecified atom stereocenters. The lowest BCUT2D eigenvalue weighted by molar-refractivity contribution is -0.141. The summed E-state index contributed by atoms with van der Waals surface area (Å²) in [6, 6.07) is 7.82. The van der Waals surface area contributed by atoms with Crippen LogP contribution in [-0.4, -0.2) is 25.8 Å². The first-order valence-electron chi connectivity index (χ1n) is 9.56. The second kappa shape index (κ2) is 7.41. The Labute approximate surface area is 161 Å². The lowest BCUT2D eigenvalue weighted by atomic mass is 9.91. The predicted octanol–water partition coefficient (Wildman–Crippen LogP) is 5.00. The van der Waals surface area contributed by atoms with E-state index in [1.807, 2.05) is 6.20 Å². The van der Waals surface area contributed by atoms with E-state index in [4.69, 9.17) is 0 Å². The monoisotopic (exact) mass is 389 g/mol. The Morgan fingerprint density at radius 2 is 1.89 bits per heavy atom. The van der Waals surface area contributed by atoms with E-state index in [-0.39, 0.29) is 11.9 Å². The molecule has 1 aliphatic rings. The fourth-order valence-electron chi connectivity index (χ4n) is 3.88. The highest BCUT2D eigenvalue weighted by molar-refractivity contribution is 5.79. The molecule has 28 heavy (non-hydrogen) atoms. The molecule has 1 saturated carbocycles. The minimum atomic E-state index is -4.46. The van der Waals surface area contributed by atoms with Crippen LogP contribution in [0.2, 0.25) is 0 Å². The Hall–Kier alpha value is -2.64. The molecule has 0 amide bonds. The molecule has 1 fully saturated rings. The van der Waals surface area contributed by atoms with Crippen LogP contribution in [0.5, 0.6) is 0 Å². The summed E-state index contributed by atoms with van der Waals surface area (Å²) < 4.78 is 40.5. The van der Waals surface area contributed by atoms with Gasteiger partial charge in [-0.3, -0.25) is 4.68 Å². The fourth-order valence-corrected chi connectivity index (χ4v) is 3.88. The Morgan fingerprint density at radius 3 is 2.61 bits per heavy atom. The summed E-state index contributed by atoms with van der Waals surface area (Å²) >= 11 is 0. The lowest BCUT2D eigenvalue weighted by Crippen LogP contribution is -2.28. The normalized spacial score (nSPS) is 20.4. The highest BCUT2D eigenvalue weighted by Gasteiger charge is 2.33. The summed E-state index contributed by atoms with van der Waals surface area (Å²) in [6.45, 7) is 2.13. The molecule has 1 aromatic carbocycles. The Kier molecular flexibility index (Phi) is 4.95. The predicted molar refractivity (Wildman–Crippen MR) is 101 cm³/mol. The van der Waals surface area contributed by atoms with E-state index in [1.165, 1.54) is 5.56 Å². The summed E-state index contributed by atoms with van der Waals surface area (Å²) in [5, 5.41) is 8.88. The molecule has 4 rings (SSSR count). The number of fused-ring (bicyclic) bond motifs is 1. The first-order chi connectivity index (χ1) is 13.4. The number of nitrogens with zero attached hydrogens (tertiary/aromatic N) is 4. The van der Waals surface area contributed by atoms with E-state index in [0.29, 0.717) is 6.04 Å². The zero-order chi connectivity index (χ0) is 19.7. The summed E-state index contributed by atoms with van der Waals surface area (Å²) in [5.74, 6) is 0.224. The molecule has 148 valence electrons. The molecule has 0 aliphatic heterocycles. The maximum absolute atomic E-state index is 12.8. The number of halogens is 3. The molecular weight excluding hydrogens is 367 g/mol. The first-order valence-corrected chi connectivity index (χ1v) is 9.56. The molecule has 1 N–H and O–H groups in total. The topological polar surface area (TPSA) is 55.6 Å². The fraction of sp³-hybridized carbons (Fsp3) is 0.450. The molecule has 8 heteroatoms. The van der Waals surface area contributed by atoms with Crippen molar-refractivity contribution in [2.24, 2.45) is 0 Å². The van der Waals surface area contributed by atoms with Gasteiger partial charge < -0.3 is 5.32 Å². The van der Waals surface area contributed by atoms with Gasteiger partial charge in [0, 0.05) is 17.5 Å². The van der Waals surface area contributed by atoms with Crippen LogP contribution in [0.25, 0.3) is 10.9 Å². The van der Waals surface area contributed by atoms with Crippen LogP contribution in [0.15, 0.2) is 36.8 Å². The van der Waals surface area contributed by atoms with E-state index in [2.05, 4.69) is 50.2 Å². The molecule has 2 heterocycles. The van der Waals surface area contributed by atoms with Crippen molar-refractivity contribution in [3.05, 3.63) is 48.0 Å². The van der Waals surface area contributed by atoms with Gasteiger partial charge in [-0.25, -0.2) is 9.97 Å². The molecule has 0 saturated heterocycles. The van der Waals surface area contributed by atoms with Crippen LogP contribution in [0.1, 0.15) is 49.9 Å². The molecule has 3 aromatic rings. The number of benzene rings is 1. The molecule has 0 spiro atoms. The number of anilines is 1. The van der Waals surface area contributed by atoms with Gasteiger partial charge in [-0.05, 0) is 49.8 Å². The Morgan fingerprint density at radius 1 is 1.11 bits per heavy atom. The van der Waals surface area contributed by atoms with Gasteiger partial charge in [0.1, 0.15) is 17.8 Å². The van der Waals surface area contributed by atoms with E-state index >= 15 is 0 Å². The lowest BCUT2D eigenvalue weighted by Gasteiger charge is -2.30. The molecule has 1 aliphatic carbocycles. The van der Waals surface area contributed by atoms with Gasteiger partial charge in [0.25, 0.3) is 0 Å². The van der Waals surface area contributed by atoms with Crippen LogP contribution in [0, 0.1) is 0 Å². The SMILES string of the molecule is CCc1ccc2c(cnn2C2CCC(Nc3cc(C(F)(F)F)ncn3)CC2)c1. The summed E-state index contributed by atoms with van der Waals surface area (Å²) in [5.41, 5.74) is 1.51. The van der Waals surface area contributed by atoms with Crippen molar-refractivity contribution in [1.82, 2.24) is 19.7 Å². The van der Waals surface area contributed by atoms with E-state index in [0.717, 1.165) is 55.4 Å². The van der Waals surface area contributed by atoms with Crippen molar-refractivity contribution in [3.8, 4) is 0 Å². The quantitative estimate of drug-likeness (QED) is 0.682. The minimum Gasteiger partial charge on any atom is -0.367 e. The van der Waals surface area contributed by atoms with Gasteiger partial charge in [-0.15, -0.1) is 0 Å². The van der Waals surface area contributed by atoms with Crippen LogP contribution in [-0.2, 0) is 12.6 Å². The first kappa shape index (κ1) is 18.7. The highest BCUT2D eigenvalue weighted by Crippen LogP contribution is 2.33. The number of aromatic nitrogens is 4. The highest BCUT2D eigenvalue weighted by atomic mass is 19.4. The van der Waals surface area contributed by atoms with Gasteiger partial charge in [0.15, 0.2) is 0 Å². The third-order valence-corrected chi connectivity index (χ3v) is 5.42. The van der Waals surface area contributed by atoms with Crippen molar-refractivity contribution in [2.75, 3.05) is 5.32 Å². The van der Waals surface area contributed by atoms with Crippen molar-refractivity contribution < 1.29 is 13.2 Å². The van der Waals surface area contributed by atoms with Crippen LogP contribution < -0.4 is 5.32 Å². The molecule has 2 aromatic heterocycles. The number of aryl methyl sites for hydroxylation is 1. The number of rotatable bonds is 4. The van der Waals surface area contributed by atoms with Gasteiger partial charge in [0.05, 0.1) is 17.8 Å². The van der Waals surface area contributed by atoms with Gasteiger partial charge in [-0.2, -0.15) is 18.3 Å². The van der Waals surface area contributed by atoms with E-state index in [9.17, 15) is 13.2 Å². The van der Waals surface area contributed by atoms with Crippen molar-refractivity contribution in [1.29, 1.82) is 0 Å². The van der Waals surface area contributed by atoms with E-state index in [1.54, 1.807) is 0 Å². The number of nitrogens with one attached hydrogen (secondary N) is 1. The van der Waals surface area contributed by atoms with Gasteiger partial charge in [0.2, 0.25) is 0 Å². The van der Waals surface area contributed by atoms with Gasteiger partial charge in [-0.1, -0.05) is 13.0 Å². The van der Waals surface area contributed by atoms with Crippen LogP contribution >= 0.6 is 0 Å². The van der Waals surface area contributed by atoms with Crippen molar-refractivity contribution >= 4 is 16.7 Å².